The number of carbonyl (C=O) groups excluding carboxylic acids is 1. The molecule has 3 aliphatic heterocycles. The van der Waals surface area contributed by atoms with Crippen LogP contribution in [0, 0.1) is 0 Å². The molecule has 0 spiro atoms. The summed E-state index contributed by atoms with van der Waals surface area (Å²) in [5.74, 6) is 0.248. The zero-order chi connectivity index (χ0) is 27.8. The summed E-state index contributed by atoms with van der Waals surface area (Å²) in [7, 11) is 0. The lowest BCUT2D eigenvalue weighted by molar-refractivity contribution is -0.122. The number of para-hydroxylation sites is 2. The minimum Gasteiger partial charge on any atom is -0.299 e. The smallest absolute Gasteiger partial charge is 0.242 e. The Morgan fingerprint density at radius 1 is 0.700 bits per heavy atom. The van der Waals surface area contributed by atoms with Gasteiger partial charge in [-0.2, -0.15) is 0 Å². The number of carbonyl (C=O) groups is 1. The first-order valence-electron chi connectivity index (χ1n) is 15.9. The Hall–Kier alpha value is -2.69. The van der Waals surface area contributed by atoms with Gasteiger partial charge < -0.3 is 0 Å². The molecule has 4 nitrogen and oxygen atoms in total. The lowest BCUT2D eigenvalue weighted by atomic mass is 9.70. The van der Waals surface area contributed by atoms with E-state index in [1.54, 1.807) is 0 Å². The third kappa shape index (κ3) is 6.44. The number of unbranched alkanes of at least 4 members (excludes halogenated alkanes) is 4. The first-order chi connectivity index (χ1) is 19.6. The van der Waals surface area contributed by atoms with Gasteiger partial charge in [-0.1, -0.05) is 99.2 Å². The van der Waals surface area contributed by atoms with Gasteiger partial charge in [-0.25, -0.2) is 0 Å². The van der Waals surface area contributed by atoms with E-state index in [4.69, 9.17) is 0 Å². The summed E-state index contributed by atoms with van der Waals surface area (Å²) in [6.07, 6.45) is 16.4. The normalized spacial score (nSPS) is 19.4. The molecule has 0 bridgehead atoms. The molecule has 2 aromatic rings. The van der Waals surface area contributed by atoms with Crippen LogP contribution in [0.2, 0.25) is 0 Å². The highest BCUT2D eigenvalue weighted by Crippen LogP contribution is 2.52. The summed E-state index contributed by atoms with van der Waals surface area (Å²) in [5.41, 5.74) is 5.63. The largest absolute Gasteiger partial charge is 0.299 e. The van der Waals surface area contributed by atoms with Crippen LogP contribution in [0.5, 0.6) is 0 Å². The number of rotatable bonds is 13. The van der Waals surface area contributed by atoms with Crippen molar-refractivity contribution in [2.24, 2.45) is 0 Å². The summed E-state index contributed by atoms with van der Waals surface area (Å²) < 4.78 is 0. The monoisotopic (exact) mass is 539 g/mol. The average Bonchev–Trinajstić information content (AvgIpc) is 3.22. The quantitative estimate of drug-likeness (QED) is 0.190. The lowest BCUT2D eigenvalue weighted by Crippen LogP contribution is -2.41. The number of hydrogen-bond donors (Lipinski definition) is 0. The van der Waals surface area contributed by atoms with Gasteiger partial charge in [0.15, 0.2) is 0 Å². The second-order valence-corrected chi connectivity index (χ2v) is 12.2. The van der Waals surface area contributed by atoms with Crippen molar-refractivity contribution in [1.29, 1.82) is 0 Å². The molecule has 0 aromatic heterocycles. The molecule has 5 rings (SSSR count). The third-order valence-electron chi connectivity index (χ3n) is 9.28. The van der Waals surface area contributed by atoms with Gasteiger partial charge in [-0.3, -0.25) is 19.5 Å². The van der Waals surface area contributed by atoms with E-state index in [1.807, 2.05) is 23.1 Å². The van der Waals surface area contributed by atoms with E-state index in [2.05, 4.69) is 72.2 Å². The van der Waals surface area contributed by atoms with E-state index in [0.29, 0.717) is 0 Å². The summed E-state index contributed by atoms with van der Waals surface area (Å²) in [4.78, 5) is 21.9. The van der Waals surface area contributed by atoms with Crippen molar-refractivity contribution in [2.45, 2.75) is 83.5 Å². The van der Waals surface area contributed by atoms with Crippen molar-refractivity contribution >= 4 is 17.3 Å². The summed E-state index contributed by atoms with van der Waals surface area (Å²) in [5, 5.41) is 0. The SMILES string of the molecule is CCCCCN1CC=C(CC2(CC3=CCN(CCCCC)CC3)C(=O)N(c3ccccc3)c3ccccc32)CC1. The molecule has 0 aliphatic carbocycles. The molecular formula is C36H49N3O. The molecule has 0 unspecified atom stereocenters. The van der Waals surface area contributed by atoms with Crippen molar-refractivity contribution in [2.75, 3.05) is 44.2 Å². The Kier molecular flexibility index (Phi) is 9.93. The molecule has 0 fully saturated rings. The maximum Gasteiger partial charge on any atom is 0.242 e. The Labute approximate surface area is 242 Å². The van der Waals surface area contributed by atoms with Gasteiger partial charge in [-0.15, -0.1) is 0 Å². The van der Waals surface area contributed by atoms with Crippen LogP contribution >= 0.6 is 0 Å². The molecule has 2 aromatic carbocycles. The van der Waals surface area contributed by atoms with Gasteiger partial charge >= 0.3 is 0 Å². The van der Waals surface area contributed by atoms with Crippen molar-refractivity contribution in [3.05, 3.63) is 83.5 Å². The third-order valence-corrected chi connectivity index (χ3v) is 9.28. The minimum atomic E-state index is -0.543. The standard InChI is InChI=1S/C36H49N3O/c1-3-5-12-22-37-24-18-30(19-25-37)28-36(29-31-20-26-38(27-21-31)23-13-6-4-2)33-16-10-11-17-34(33)39(35(36)40)32-14-8-7-9-15-32/h7-11,14-18,20H,3-6,12-13,19,21-29H2,1-2H3. The predicted molar refractivity (Wildman–Crippen MR) is 168 cm³/mol. The molecular weight excluding hydrogens is 490 g/mol. The molecule has 0 atom stereocenters. The van der Waals surface area contributed by atoms with Gasteiger partial charge in [0.2, 0.25) is 5.91 Å². The first-order valence-corrected chi connectivity index (χ1v) is 15.9. The Morgan fingerprint density at radius 3 is 1.77 bits per heavy atom. The van der Waals surface area contributed by atoms with Crippen molar-refractivity contribution in [1.82, 2.24) is 9.80 Å². The van der Waals surface area contributed by atoms with Crippen LogP contribution in [0.3, 0.4) is 0 Å². The van der Waals surface area contributed by atoms with Crippen LogP contribution in [0.4, 0.5) is 11.4 Å². The molecule has 3 aliphatic rings. The number of anilines is 2. The number of nitrogens with zero attached hydrogens (tertiary/aromatic N) is 3. The molecule has 214 valence electrons. The fourth-order valence-electron chi connectivity index (χ4n) is 6.93. The van der Waals surface area contributed by atoms with E-state index in [0.717, 1.165) is 63.2 Å². The van der Waals surface area contributed by atoms with E-state index >= 15 is 0 Å². The van der Waals surface area contributed by atoms with Crippen LogP contribution in [-0.4, -0.2) is 55.0 Å². The molecule has 0 saturated carbocycles. The van der Waals surface area contributed by atoms with Crippen LogP contribution in [-0.2, 0) is 10.2 Å². The van der Waals surface area contributed by atoms with E-state index in [9.17, 15) is 4.79 Å². The fourth-order valence-corrected chi connectivity index (χ4v) is 6.93. The number of fused-ring (bicyclic) bond motifs is 1. The van der Waals surface area contributed by atoms with E-state index in [1.165, 1.54) is 68.3 Å². The maximum atomic E-state index is 14.8. The highest BCUT2D eigenvalue weighted by molar-refractivity contribution is 6.13. The maximum absolute atomic E-state index is 14.8. The summed E-state index contributed by atoms with van der Waals surface area (Å²) >= 11 is 0. The molecule has 0 radical (unpaired) electrons. The molecule has 0 saturated heterocycles. The lowest BCUT2D eigenvalue weighted by Gasteiger charge is -2.35. The van der Waals surface area contributed by atoms with Gasteiger partial charge in [0.1, 0.15) is 0 Å². The van der Waals surface area contributed by atoms with Crippen LogP contribution in [0.15, 0.2) is 77.9 Å². The van der Waals surface area contributed by atoms with E-state index in [-0.39, 0.29) is 5.91 Å². The second-order valence-electron chi connectivity index (χ2n) is 12.2. The molecule has 3 heterocycles. The van der Waals surface area contributed by atoms with Crippen molar-refractivity contribution in [3.63, 3.8) is 0 Å². The topological polar surface area (TPSA) is 26.8 Å². The van der Waals surface area contributed by atoms with Crippen molar-refractivity contribution < 1.29 is 4.79 Å². The van der Waals surface area contributed by atoms with Crippen LogP contribution in [0.1, 0.15) is 83.6 Å². The molecule has 1 amide bonds. The Bertz CT molecular complexity index is 1140. The zero-order valence-corrected chi connectivity index (χ0v) is 24.9. The fraction of sp³-hybridized carbons (Fsp3) is 0.528. The molecule has 0 N–H and O–H groups in total. The van der Waals surface area contributed by atoms with Crippen LogP contribution < -0.4 is 4.90 Å². The first kappa shape index (κ1) is 28.8. The predicted octanol–water partition coefficient (Wildman–Crippen LogP) is 8.03. The highest BCUT2D eigenvalue weighted by atomic mass is 16.2. The Balaban J connectivity index is 1.43. The average molecular weight is 540 g/mol. The summed E-state index contributed by atoms with van der Waals surface area (Å²) in [6, 6.07) is 18.9. The molecule has 40 heavy (non-hydrogen) atoms. The zero-order valence-electron chi connectivity index (χ0n) is 24.9. The van der Waals surface area contributed by atoms with Gasteiger partial charge in [0.25, 0.3) is 0 Å². The second kappa shape index (κ2) is 13.8. The highest BCUT2D eigenvalue weighted by Gasteiger charge is 2.51. The number of amides is 1. The van der Waals surface area contributed by atoms with Crippen LogP contribution in [0.25, 0.3) is 0 Å². The van der Waals surface area contributed by atoms with Crippen molar-refractivity contribution in [3.8, 4) is 0 Å². The minimum absolute atomic E-state index is 0.248. The van der Waals surface area contributed by atoms with E-state index < -0.39 is 5.41 Å². The number of hydrogen-bond acceptors (Lipinski definition) is 3. The van der Waals surface area contributed by atoms with Gasteiger partial charge in [-0.05, 0) is 75.4 Å². The van der Waals surface area contributed by atoms with Gasteiger partial charge in [0, 0.05) is 31.9 Å². The molecule has 4 heteroatoms. The Morgan fingerprint density at radius 2 is 1.25 bits per heavy atom. The van der Waals surface area contributed by atoms with Gasteiger partial charge in [0.05, 0.1) is 11.1 Å². The summed E-state index contributed by atoms with van der Waals surface area (Å²) in [6.45, 7) is 11.2. The number of benzene rings is 2.